The molecule has 120 valence electrons. The number of nitrogens with zero attached hydrogens (tertiary/aromatic N) is 4. The minimum Gasteiger partial charge on any atom is -0.363 e. The van der Waals surface area contributed by atoms with Gasteiger partial charge in [-0.1, -0.05) is 18.5 Å². The van der Waals surface area contributed by atoms with Crippen LogP contribution in [0.2, 0.25) is 5.02 Å². The van der Waals surface area contributed by atoms with Crippen molar-refractivity contribution in [2.45, 2.75) is 33.2 Å². The summed E-state index contributed by atoms with van der Waals surface area (Å²) in [6.07, 6.45) is 2.50. The zero-order valence-electron chi connectivity index (χ0n) is 13.8. The summed E-state index contributed by atoms with van der Waals surface area (Å²) >= 11 is 6.05. The highest BCUT2D eigenvalue weighted by Crippen LogP contribution is 2.30. The SMILES string of the molecule is CCC(Nc1ncnc2cc(Cl)ccc12)c1c(C)nn(C)c1C. The average Bonchev–Trinajstić information content (AvgIpc) is 2.78. The van der Waals surface area contributed by atoms with Crippen LogP contribution in [-0.2, 0) is 7.05 Å². The summed E-state index contributed by atoms with van der Waals surface area (Å²) < 4.78 is 1.92. The van der Waals surface area contributed by atoms with Crippen molar-refractivity contribution in [2.75, 3.05) is 5.32 Å². The highest BCUT2D eigenvalue weighted by atomic mass is 35.5. The highest BCUT2D eigenvalue weighted by molar-refractivity contribution is 6.31. The molecule has 0 aliphatic heterocycles. The zero-order chi connectivity index (χ0) is 16.6. The predicted molar refractivity (Wildman–Crippen MR) is 93.9 cm³/mol. The first-order chi connectivity index (χ1) is 11.0. The Kier molecular flexibility index (Phi) is 4.22. The first-order valence-corrected chi connectivity index (χ1v) is 8.06. The second-order valence-electron chi connectivity index (χ2n) is 5.70. The van der Waals surface area contributed by atoms with Crippen molar-refractivity contribution in [1.29, 1.82) is 0 Å². The number of aryl methyl sites for hydroxylation is 2. The largest absolute Gasteiger partial charge is 0.363 e. The second kappa shape index (κ2) is 6.16. The highest BCUT2D eigenvalue weighted by Gasteiger charge is 2.20. The Morgan fingerprint density at radius 1 is 1.26 bits per heavy atom. The lowest BCUT2D eigenvalue weighted by molar-refractivity contribution is 0.715. The second-order valence-corrected chi connectivity index (χ2v) is 6.13. The monoisotopic (exact) mass is 329 g/mol. The molecule has 3 aromatic rings. The maximum atomic E-state index is 6.05. The fourth-order valence-electron chi connectivity index (χ4n) is 2.98. The summed E-state index contributed by atoms with van der Waals surface area (Å²) in [5, 5.41) is 9.72. The zero-order valence-corrected chi connectivity index (χ0v) is 14.5. The van der Waals surface area contributed by atoms with Crippen LogP contribution in [-0.4, -0.2) is 19.7 Å². The van der Waals surface area contributed by atoms with Gasteiger partial charge in [0.2, 0.25) is 0 Å². The van der Waals surface area contributed by atoms with Gasteiger partial charge in [0.25, 0.3) is 0 Å². The summed E-state index contributed by atoms with van der Waals surface area (Å²) in [7, 11) is 1.97. The van der Waals surface area contributed by atoms with Gasteiger partial charge in [-0.05, 0) is 38.5 Å². The molecule has 0 spiro atoms. The van der Waals surface area contributed by atoms with E-state index in [9.17, 15) is 0 Å². The molecule has 0 aliphatic carbocycles. The summed E-state index contributed by atoms with van der Waals surface area (Å²) in [6, 6.07) is 5.82. The number of aromatic nitrogens is 4. The van der Waals surface area contributed by atoms with Crippen LogP contribution in [0.5, 0.6) is 0 Å². The first-order valence-electron chi connectivity index (χ1n) is 7.68. The molecule has 1 atom stereocenters. The number of hydrogen-bond acceptors (Lipinski definition) is 4. The van der Waals surface area contributed by atoms with E-state index < -0.39 is 0 Å². The van der Waals surface area contributed by atoms with Gasteiger partial charge in [0, 0.05) is 28.7 Å². The number of nitrogens with one attached hydrogen (secondary N) is 1. The standard InChI is InChI=1S/C17H20ClN5/c1-5-14(16-10(2)22-23(4)11(16)3)21-17-13-7-6-12(18)8-15(13)19-9-20-17/h6-9,14H,5H2,1-4H3,(H,19,20,21). The Morgan fingerprint density at radius 2 is 2.04 bits per heavy atom. The quantitative estimate of drug-likeness (QED) is 0.779. The van der Waals surface area contributed by atoms with Gasteiger partial charge in [0.15, 0.2) is 0 Å². The molecule has 0 aliphatic rings. The van der Waals surface area contributed by atoms with Crippen LogP contribution in [0.25, 0.3) is 10.9 Å². The molecule has 0 fully saturated rings. The van der Waals surface area contributed by atoms with Gasteiger partial charge in [-0.2, -0.15) is 5.10 Å². The van der Waals surface area contributed by atoms with Crippen molar-refractivity contribution in [3.63, 3.8) is 0 Å². The molecule has 6 heteroatoms. The van der Waals surface area contributed by atoms with E-state index in [4.69, 9.17) is 11.6 Å². The molecule has 1 aromatic carbocycles. The molecule has 0 saturated carbocycles. The number of hydrogen-bond donors (Lipinski definition) is 1. The van der Waals surface area contributed by atoms with Gasteiger partial charge in [-0.25, -0.2) is 9.97 Å². The van der Waals surface area contributed by atoms with Crippen molar-refractivity contribution in [2.24, 2.45) is 7.05 Å². The van der Waals surface area contributed by atoms with E-state index in [1.807, 2.05) is 36.9 Å². The summed E-state index contributed by atoms with van der Waals surface area (Å²) in [5.74, 6) is 0.821. The third kappa shape index (κ3) is 2.88. The molecular weight excluding hydrogens is 310 g/mol. The lowest BCUT2D eigenvalue weighted by Gasteiger charge is -2.19. The van der Waals surface area contributed by atoms with Gasteiger partial charge in [0.1, 0.15) is 12.1 Å². The van der Waals surface area contributed by atoms with Crippen LogP contribution in [0.15, 0.2) is 24.5 Å². The van der Waals surface area contributed by atoms with Crippen LogP contribution in [0.3, 0.4) is 0 Å². The molecule has 1 unspecified atom stereocenters. The lowest BCUT2D eigenvalue weighted by atomic mass is 10.0. The summed E-state index contributed by atoms with van der Waals surface area (Å²) in [6.45, 7) is 6.30. The third-order valence-corrected chi connectivity index (χ3v) is 4.47. The number of anilines is 1. The molecule has 1 N–H and O–H groups in total. The maximum absolute atomic E-state index is 6.05. The van der Waals surface area contributed by atoms with Crippen molar-refractivity contribution < 1.29 is 0 Å². The lowest BCUT2D eigenvalue weighted by Crippen LogP contribution is -2.13. The van der Waals surface area contributed by atoms with Gasteiger partial charge in [-0.3, -0.25) is 4.68 Å². The molecule has 2 aromatic heterocycles. The van der Waals surface area contributed by atoms with Gasteiger partial charge in [-0.15, -0.1) is 0 Å². The normalized spacial score (nSPS) is 12.6. The van der Waals surface area contributed by atoms with E-state index in [0.717, 1.165) is 28.8 Å². The van der Waals surface area contributed by atoms with Crippen LogP contribution < -0.4 is 5.32 Å². The van der Waals surface area contributed by atoms with Crippen molar-refractivity contribution >= 4 is 28.3 Å². The van der Waals surface area contributed by atoms with Crippen LogP contribution in [0, 0.1) is 13.8 Å². The molecule has 5 nitrogen and oxygen atoms in total. The molecule has 3 rings (SSSR count). The smallest absolute Gasteiger partial charge is 0.137 e. The number of halogens is 1. The van der Waals surface area contributed by atoms with Gasteiger partial charge < -0.3 is 5.32 Å². The fourth-order valence-corrected chi connectivity index (χ4v) is 3.15. The Bertz CT molecular complexity index is 856. The minimum absolute atomic E-state index is 0.150. The van der Waals surface area contributed by atoms with Crippen molar-refractivity contribution in [1.82, 2.24) is 19.7 Å². The van der Waals surface area contributed by atoms with E-state index >= 15 is 0 Å². The molecule has 23 heavy (non-hydrogen) atoms. The number of benzene rings is 1. The Balaban J connectivity index is 2.03. The molecular formula is C17H20ClN5. The molecule has 0 amide bonds. The maximum Gasteiger partial charge on any atom is 0.137 e. The van der Waals surface area contributed by atoms with Crippen LogP contribution >= 0.6 is 11.6 Å². The van der Waals surface area contributed by atoms with E-state index in [2.05, 4.69) is 34.2 Å². The Labute approximate surface area is 140 Å². The fraction of sp³-hybridized carbons (Fsp3) is 0.353. The van der Waals surface area contributed by atoms with Crippen molar-refractivity contribution in [3.8, 4) is 0 Å². The number of fused-ring (bicyclic) bond motifs is 1. The summed E-state index contributed by atoms with van der Waals surface area (Å²) in [4.78, 5) is 8.72. The topological polar surface area (TPSA) is 55.6 Å². The predicted octanol–water partition coefficient (Wildman–Crippen LogP) is 4.20. The summed E-state index contributed by atoms with van der Waals surface area (Å²) in [5.41, 5.74) is 4.29. The van der Waals surface area contributed by atoms with E-state index in [0.29, 0.717) is 5.02 Å². The molecule has 2 heterocycles. The van der Waals surface area contributed by atoms with E-state index in [1.54, 1.807) is 6.33 Å². The van der Waals surface area contributed by atoms with Crippen LogP contribution in [0.1, 0.15) is 36.3 Å². The molecule has 0 saturated heterocycles. The van der Waals surface area contributed by atoms with Crippen molar-refractivity contribution in [3.05, 3.63) is 46.5 Å². The van der Waals surface area contributed by atoms with Crippen LogP contribution in [0.4, 0.5) is 5.82 Å². The van der Waals surface area contributed by atoms with E-state index in [1.165, 1.54) is 11.3 Å². The average molecular weight is 330 g/mol. The van der Waals surface area contributed by atoms with E-state index in [-0.39, 0.29) is 6.04 Å². The first kappa shape index (κ1) is 15.7. The Hall–Kier alpha value is -2.14. The Morgan fingerprint density at radius 3 is 2.70 bits per heavy atom. The molecule has 0 radical (unpaired) electrons. The van der Waals surface area contributed by atoms with Gasteiger partial charge >= 0.3 is 0 Å². The minimum atomic E-state index is 0.150. The number of rotatable bonds is 4. The van der Waals surface area contributed by atoms with Gasteiger partial charge in [0.05, 0.1) is 17.3 Å². The third-order valence-electron chi connectivity index (χ3n) is 4.23. The molecule has 0 bridgehead atoms.